The van der Waals surface area contributed by atoms with Crippen LogP contribution in [0.4, 0.5) is 10.1 Å². The van der Waals surface area contributed by atoms with E-state index in [0.717, 1.165) is 12.0 Å². The highest BCUT2D eigenvalue weighted by Gasteiger charge is 2.19. The number of hydrogen-bond acceptors (Lipinski definition) is 3. The molecular formula is C17H16FNO2. The molecule has 2 N–H and O–H groups in total. The van der Waals surface area contributed by atoms with Gasteiger partial charge in [-0.2, -0.15) is 0 Å². The number of anilines is 1. The molecule has 0 aliphatic rings. The summed E-state index contributed by atoms with van der Waals surface area (Å²) in [5, 5.41) is 0. The van der Waals surface area contributed by atoms with Crippen LogP contribution >= 0.6 is 0 Å². The zero-order chi connectivity index (χ0) is 15.6. The summed E-state index contributed by atoms with van der Waals surface area (Å²) in [6.07, 6.45) is 1.33. The van der Waals surface area contributed by atoms with Crippen molar-refractivity contribution in [1.82, 2.24) is 0 Å². The van der Waals surface area contributed by atoms with Gasteiger partial charge in [0.25, 0.3) is 0 Å². The van der Waals surface area contributed by atoms with Crippen molar-refractivity contribution in [3.05, 3.63) is 64.0 Å². The quantitative estimate of drug-likeness (QED) is 0.532. The van der Waals surface area contributed by atoms with E-state index in [1.54, 1.807) is 12.1 Å². The fourth-order valence-electron chi connectivity index (χ4n) is 2.17. The highest BCUT2D eigenvalue weighted by molar-refractivity contribution is 6.11. The SMILES string of the molecule is CCc1ccc(C(=O)c2cc(C=O)c(N)c(F)c2C)cc1. The number of hydrogen-bond donors (Lipinski definition) is 1. The minimum atomic E-state index is -0.715. The molecule has 2 aromatic rings. The molecule has 0 aromatic heterocycles. The minimum absolute atomic E-state index is 0.00775. The number of aryl methyl sites for hydroxylation is 1. The van der Waals surface area contributed by atoms with Crippen LogP contribution in [-0.4, -0.2) is 12.1 Å². The van der Waals surface area contributed by atoms with Gasteiger partial charge >= 0.3 is 0 Å². The molecule has 0 saturated heterocycles. The standard InChI is InChI=1S/C17H16FNO2/c1-3-11-4-6-12(7-5-11)17(21)14-8-13(9-20)16(19)15(18)10(14)2/h4-9H,3,19H2,1-2H3. The van der Waals surface area contributed by atoms with Crippen LogP contribution in [0.1, 0.15) is 44.3 Å². The summed E-state index contributed by atoms with van der Waals surface area (Å²) in [5.41, 5.74) is 7.17. The van der Waals surface area contributed by atoms with Gasteiger partial charge in [-0.15, -0.1) is 0 Å². The summed E-state index contributed by atoms with van der Waals surface area (Å²) < 4.78 is 14.0. The van der Waals surface area contributed by atoms with E-state index in [9.17, 15) is 14.0 Å². The van der Waals surface area contributed by atoms with Gasteiger partial charge in [-0.05, 0) is 30.5 Å². The fourth-order valence-corrected chi connectivity index (χ4v) is 2.17. The maximum absolute atomic E-state index is 14.0. The molecule has 108 valence electrons. The third kappa shape index (κ3) is 2.70. The second-order valence-corrected chi connectivity index (χ2v) is 4.86. The molecule has 2 aromatic carbocycles. The molecule has 0 aliphatic heterocycles. The smallest absolute Gasteiger partial charge is 0.193 e. The summed E-state index contributed by atoms with van der Waals surface area (Å²) in [6, 6.07) is 8.47. The second-order valence-electron chi connectivity index (χ2n) is 4.86. The topological polar surface area (TPSA) is 60.2 Å². The third-order valence-electron chi connectivity index (χ3n) is 3.58. The summed E-state index contributed by atoms with van der Waals surface area (Å²) in [7, 11) is 0. The van der Waals surface area contributed by atoms with Crippen LogP contribution in [0, 0.1) is 12.7 Å². The Labute approximate surface area is 122 Å². The number of halogens is 1. The molecule has 2 rings (SSSR count). The average Bonchev–Trinajstić information content (AvgIpc) is 2.52. The number of benzene rings is 2. The van der Waals surface area contributed by atoms with Crippen LogP contribution in [0.25, 0.3) is 0 Å². The number of ketones is 1. The molecule has 0 atom stereocenters. The molecule has 0 amide bonds. The molecule has 21 heavy (non-hydrogen) atoms. The van der Waals surface area contributed by atoms with Gasteiger partial charge in [-0.25, -0.2) is 4.39 Å². The highest BCUT2D eigenvalue weighted by Crippen LogP contribution is 2.24. The Hall–Kier alpha value is -2.49. The molecule has 0 fully saturated rings. The molecule has 0 unspecified atom stereocenters. The number of nitrogen functional groups attached to an aromatic ring is 1. The number of nitrogens with two attached hydrogens (primary N) is 1. The van der Waals surface area contributed by atoms with Crippen LogP contribution in [-0.2, 0) is 6.42 Å². The highest BCUT2D eigenvalue weighted by atomic mass is 19.1. The van der Waals surface area contributed by atoms with Crippen LogP contribution in [0.15, 0.2) is 30.3 Å². The first-order valence-electron chi connectivity index (χ1n) is 6.67. The lowest BCUT2D eigenvalue weighted by Crippen LogP contribution is -2.09. The first kappa shape index (κ1) is 14.9. The predicted octanol–water partition coefficient (Wildman–Crippen LogP) is 3.32. The van der Waals surface area contributed by atoms with E-state index in [-0.39, 0.29) is 28.2 Å². The molecule has 0 bridgehead atoms. The lowest BCUT2D eigenvalue weighted by atomic mass is 9.95. The van der Waals surface area contributed by atoms with Gasteiger partial charge in [0.05, 0.1) is 5.69 Å². The lowest BCUT2D eigenvalue weighted by molar-refractivity contribution is 0.103. The van der Waals surface area contributed by atoms with Gasteiger partial charge in [0.2, 0.25) is 0 Å². The molecule has 0 spiro atoms. The van der Waals surface area contributed by atoms with Crippen molar-refractivity contribution in [1.29, 1.82) is 0 Å². The normalized spacial score (nSPS) is 10.4. The van der Waals surface area contributed by atoms with E-state index >= 15 is 0 Å². The van der Waals surface area contributed by atoms with Gasteiger partial charge in [-0.3, -0.25) is 9.59 Å². The first-order valence-corrected chi connectivity index (χ1v) is 6.67. The fraction of sp³-hybridized carbons (Fsp3) is 0.176. The number of rotatable bonds is 4. The van der Waals surface area contributed by atoms with Crippen molar-refractivity contribution in [2.75, 3.05) is 5.73 Å². The lowest BCUT2D eigenvalue weighted by Gasteiger charge is -2.10. The average molecular weight is 285 g/mol. The summed E-state index contributed by atoms with van der Waals surface area (Å²) in [5.74, 6) is -1.04. The Kier molecular flexibility index (Phi) is 4.17. The molecule has 3 nitrogen and oxygen atoms in total. The Morgan fingerprint density at radius 3 is 2.43 bits per heavy atom. The molecular weight excluding hydrogens is 269 g/mol. The van der Waals surface area contributed by atoms with Crippen LogP contribution < -0.4 is 5.73 Å². The van der Waals surface area contributed by atoms with Crippen molar-refractivity contribution >= 4 is 17.8 Å². The monoisotopic (exact) mass is 285 g/mol. The number of carbonyl (C=O) groups excluding carboxylic acids is 2. The van der Waals surface area contributed by atoms with Crippen LogP contribution in [0.2, 0.25) is 0 Å². The van der Waals surface area contributed by atoms with Gasteiger partial charge < -0.3 is 5.73 Å². The Bertz CT molecular complexity index is 706. The Morgan fingerprint density at radius 2 is 1.90 bits per heavy atom. The van der Waals surface area contributed by atoms with Gasteiger partial charge in [0, 0.05) is 16.7 Å². The predicted molar refractivity (Wildman–Crippen MR) is 80.2 cm³/mol. The maximum Gasteiger partial charge on any atom is 0.193 e. The number of aldehydes is 1. The van der Waals surface area contributed by atoms with Crippen LogP contribution in [0.3, 0.4) is 0 Å². The van der Waals surface area contributed by atoms with Crippen molar-refractivity contribution in [3.8, 4) is 0 Å². The zero-order valence-electron chi connectivity index (χ0n) is 11.9. The van der Waals surface area contributed by atoms with Gasteiger partial charge in [0.15, 0.2) is 12.1 Å². The van der Waals surface area contributed by atoms with Gasteiger partial charge in [0.1, 0.15) is 5.82 Å². The second kappa shape index (κ2) is 5.87. The third-order valence-corrected chi connectivity index (χ3v) is 3.58. The van der Waals surface area contributed by atoms with Crippen molar-refractivity contribution in [2.45, 2.75) is 20.3 Å². The van der Waals surface area contributed by atoms with Crippen molar-refractivity contribution in [3.63, 3.8) is 0 Å². The summed E-state index contributed by atoms with van der Waals surface area (Å²) in [4.78, 5) is 23.4. The Balaban J connectivity index is 2.52. The molecule has 0 heterocycles. The van der Waals surface area contributed by atoms with Crippen molar-refractivity contribution < 1.29 is 14.0 Å². The molecule has 0 aliphatic carbocycles. The van der Waals surface area contributed by atoms with E-state index in [1.165, 1.54) is 13.0 Å². The maximum atomic E-state index is 14.0. The number of carbonyl (C=O) groups is 2. The zero-order valence-corrected chi connectivity index (χ0v) is 11.9. The van der Waals surface area contributed by atoms with Gasteiger partial charge in [-0.1, -0.05) is 31.2 Å². The molecule has 0 saturated carbocycles. The summed E-state index contributed by atoms with van der Waals surface area (Å²) in [6.45, 7) is 3.50. The van der Waals surface area contributed by atoms with Crippen molar-refractivity contribution in [2.24, 2.45) is 0 Å². The molecule has 0 radical (unpaired) electrons. The largest absolute Gasteiger partial charge is 0.396 e. The van der Waals surface area contributed by atoms with E-state index in [2.05, 4.69) is 0 Å². The van der Waals surface area contributed by atoms with E-state index in [0.29, 0.717) is 11.8 Å². The van der Waals surface area contributed by atoms with E-state index in [4.69, 9.17) is 5.73 Å². The molecule has 4 heteroatoms. The van der Waals surface area contributed by atoms with Crippen LogP contribution in [0.5, 0.6) is 0 Å². The summed E-state index contributed by atoms with van der Waals surface area (Å²) >= 11 is 0. The minimum Gasteiger partial charge on any atom is -0.396 e. The first-order chi connectivity index (χ1) is 9.99. The van der Waals surface area contributed by atoms with E-state index in [1.807, 2.05) is 19.1 Å². The Morgan fingerprint density at radius 1 is 1.29 bits per heavy atom. The van der Waals surface area contributed by atoms with E-state index < -0.39 is 5.82 Å².